The number of hydrogen-bond donors (Lipinski definition) is 3. The monoisotopic (exact) mass is 256 g/mol. The van der Waals surface area contributed by atoms with Gasteiger partial charge in [0.25, 0.3) is 5.91 Å². The maximum Gasteiger partial charge on any atom is 0.328 e. The lowest BCUT2D eigenvalue weighted by Crippen LogP contribution is -2.43. The van der Waals surface area contributed by atoms with E-state index >= 15 is 0 Å². The number of ether oxygens (including phenoxy) is 1. The standard InChI is InChI=1S/C11H13FN2O4/c1-18-5-9(11(16)17)14-10(15)6-2-3-8(13)7(12)4-6/h2-4,9H,5,13H2,1H3,(H,14,15)(H,16,17). The Bertz CT molecular complexity index is 464. The van der Waals surface area contributed by atoms with Gasteiger partial charge in [0.05, 0.1) is 12.3 Å². The summed E-state index contributed by atoms with van der Waals surface area (Å²) >= 11 is 0. The van der Waals surface area contributed by atoms with E-state index in [1.165, 1.54) is 19.2 Å². The highest BCUT2D eigenvalue weighted by atomic mass is 19.1. The largest absolute Gasteiger partial charge is 0.480 e. The minimum absolute atomic E-state index is 0.0101. The Hall–Kier alpha value is -2.15. The topological polar surface area (TPSA) is 102 Å². The van der Waals surface area contributed by atoms with E-state index in [1.807, 2.05) is 0 Å². The molecule has 7 heteroatoms. The number of hydrogen-bond acceptors (Lipinski definition) is 4. The van der Waals surface area contributed by atoms with Crippen LogP contribution in [0.1, 0.15) is 10.4 Å². The molecule has 1 unspecified atom stereocenters. The van der Waals surface area contributed by atoms with Gasteiger partial charge in [-0.3, -0.25) is 4.79 Å². The minimum atomic E-state index is -1.24. The first-order valence-corrected chi connectivity index (χ1v) is 5.03. The van der Waals surface area contributed by atoms with Crippen LogP contribution in [-0.2, 0) is 9.53 Å². The Morgan fingerprint density at radius 2 is 2.22 bits per heavy atom. The van der Waals surface area contributed by atoms with Crippen LogP contribution in [0.25, 0.3) is 0 Å². The third kappa shape index (κ3) is 3.42. The number of amides is 1. The van der Waals surface area contributed by atoms with Crippen molar-refractivity contribution in [1.29, 1.82) is 0 Å². The van der Waals surface area contributed by atoms with Gasteiger partial charge in [-0.05, 0) is 18.2 Å². The molecule has 98 valence electrons. The number of benzene rings is 1. The Morgan fingerprint density at radius 3 is 2.72 bits per heavy atom. The fraction of sp³-hybridized carbons (Fsp3) is 0.273. The zero-order valence-corrected chi connectivity index (χ0v) is 9.64. The molecule has 0 saturated heterocycles. The molecule has 4 N–H and O–H groups in total. The van der Waals surface area contributed by atoms with Crippen molar-refractivity contribution in [1.82, 2.24) is 5.32 Å². The van der Waals surface area contributed by atoms with Gasteiger partial charge in [-0.1, -0.05) is 0 Å². The molecule has 1 atom stereocenters. The van der Waals surface area contributed by atoms with Gasteiger partial charge in [0.15, 0.2) is 6.04 Å². The van der Waals surface area contributed by atoms with Gasteiger partial charge >= 0.3 is 5.97 Å². The maximum atomic E-state index is 13.1. The van der Waals surface area contributed by atoms with Crippen LogP contribution in [0.2, 0.25) is 0 Å². The molecular weight excluding hydrogens is 243 g/mol. The molecule has 0 bridgehead atoms. The number of nitrogens with one attached hydrogen (secondary N) is 1. The van der Waals surface area contributed by atoms with Crippen LogP contribution >= 0.6 is 0 Å². The van der Waals surface area contributed by atoms with Gasteiger partial charge in [0, 0.05) is 12.7 Å². The molecule has 0 aliphatic rings. The quantitative estimate of drug-likeness (QED) is 0.655. The Morgan fingerprint density at radius 1 is 1.56 bits per heavy atom. The van der Waals surface area contributed by atoms with Crippen molar-refractivity contribution in [3.05, 3.63) is 29.6 Å². The van der Waals surface area contributed by atoms with E-state index in [4.69, 9.17) is 10.8 Å². The molecule has 0 radical (unpaired) electrons. The van der Waals surface area contributed by atoms with Gasteiger partial charge in [0.2, 0.25) is 0 Å². The number of aliphatic carboxylic acids is 1. The highest BCUT2D eigenvalue weighted by molar-refractivity contribution is 5.96. The number of methoxy groups -OCH3 is 1. The van der Waals surface area contributed by atoms with E-state index < -0.39 is 23.7 Å². The molecule has 1 aromatic carbocycles. The molecule has 6 nitrogen and oxygen atoms in total. The summed E-state index contributed by atoms with van der Waals surface area (Å²) in [5.41, 5.74) is 5.17. The summed E-state index contributed by atoms with van der Waals surface area (Å²) in [5.74, 6) is -2.68. The summed E-state index contributed by atoms with van der Waals surface area (Å²) in [6.07, 6.45) is 0. The number of rotatable bonds is 5. The molecule has 1 amide bonds. The molecule has 0 fully saturated rings. The first-order chi connectivity index (χ1) is 8.45. The number of nitrogens with two attached hydrogens (primary N) is 1. The van der Waals surface area contributed by atoms with Crippen LogP contribution in [0.3, 0.4) is 0 Å². The summed E-state index contributed by atoms with van der Waals surface area (Å²) < 4.78 is 17.8. The fourth-order valence-electron chi connectivity index (χ4n) is 1.25. The van der Waals surface area contributed by atoms with E-state index in [0.717, 1.165) is 6.07 Å². The van der Waals surface area contributed by atoms with Crippen molar-refractivity contribution in [2.24, 2.45) is 0 Å². The molecule has 1 aromatic rings. The number of carbonyl (C=O) groups excluding carboxylic acids is 1. The van der Waals surface area contributed by atoms with Crippen molar-refractivity contribution in [3.63, 3.8) is 0 Å². The molecule has 0 spiro atoms. The van der Waals surface area contributed by atoms with Crippen molar-refractivity contribution >= 4 is 17.6 Å². The average Bonchev–Trinajstić information content (AvgIpc) is 2.31. The van der Waals surface area contributed by atoms with Crippen LogP contribution in [0.5, 0.6) is 0 Å². The van der Waals surface area contributed by atoms with Crippen molar-refractivity contribution < 1.29 is 23.8 Å². The van der Waals surface area contributed by atoms with Crippen LogP contribution in [-0.4, -0.2) is 36.7 Å². The van der Waals surface area contributed by atoms with Crippen LogP contribution in [0, 0.1) is 5.82 Å². The maximum absolute atomic E-state index is 13.1. The lowest BCUT2D eigenvalue weighted by molar-refractivity contribution is -0.140. The summed E-state index contributed by atoms with van der Waals surface area (Å²) in [7, 11) is 1.31. The van der Waals surface area contributed by atoms with Gasteiger partial charge < -0.3 is 20.9 Å². The van der Waals surface area contributed by atoms with E-state index in [0.29, 0.717) is 0 Å². The van der Waals surface area contributed by atoms with Crippen LogP contribution in [0.15, 0.2) is 18.2 Å². The highest BCUT2D eigenvalue weighted by Crippen LogP contribution is 2.11. The SMILES string of the molecule is COCC(NC(=O)c1ccc(N)c(F)c1)C(=O)O. The normalized spacial score (nSPS) is 11.9. The highest BCUT2D eigenvalue weighted by Gasteiger charge is 2.20. The molecule has 0 aliphatic carbocycles. The zero-order valence-electron chi connectivity index (χ0n) is 9.64. The Kier molecular flexibility index (Phi) is 4.61. The van der Waals surface area contributed by atoms with Crippen molar-refractivity contribution in [2.45, 2.75) is 6.04 Å². The first kappa shape index (κ1) is 13.9. The van der Waals surface area contributed by atoms with Gasteiger partial charge in [-0.15, -0.1) is 0 Å². The van der Waals surface area contributed by atoms with Gasteiger partial charge in [-0.25, -0.2) is 9.18 Å². The Labute approximate surface area is 103 Å². The molecule has 0 saturated carbocycles. The first-order valence-electron chi connectivity index (χ1n) is 5.03. The molecule has 18 heavy (non-hydrogen) atoms. The average molecular weight is 256 g/mol. The summed E-state index contributed by atoms with van der Waals surface area (Å²) in [4.78, 5) is 22.4. The van der Waals surface area contributed by atoms with Gasteiger partial charge in [-0.2, -0.15) is 0 Å². The number of carbonyl (C=O) groups is 2. The number of carboxylic acid groups (broad SMARTS) is 1. The number of nitrogen functional groups attached to an aromatic ring is 1. The fourth-order valence-corrected chi connectivity index (χ4v) is 1.25. The lowest BCUT2D eigenvalue weighted by atomic mass is 10.1. The van der Waals surface area contributed by atoms with Crippen LogP contribution in [0.4, 0.5) is 10.1 Å². The lowest BCUT2D eigenvalue weighted by Gasteiger charge is -2.13. The van der Waals surface area contributed by atoms with E-state index in [1.54, 1.807) is 0 Å². The Balaban J connectivity index is 2.80. The predicted octanol–water partition coefficient (Wildman–Crippen LogP) is 0.237. The third-order valence-electron chi connectivity index (χ3n) is 2.20. The molecular formula is C11H13FN2O4. The van der Waals surface area contributed by atoms with E-state index in [2.05, 4.69) is 10.1 Å². The smallest absolute Gasteiger partial charge is 0.328 e. The molecule has 1 rings (SSSR count). The zero-order chi connectivity index (χ0) is 13.7. The number of carboxylic acids is 1. The molecule has 0 heterocycles. The summed E-state index contributed by atoms with van der Waals surface area (Å²) in [6, 6.07) is 2.29. The third-order valence-corrected chi connectivity index (χ3v) is 2.20. The van der Waals surface area contributed by atoms with Crippen molar-refractivity contribution in [2.75, 3.05) is 19.5 Å². The second-order valence-electron chi connectivity index (χ2n) is 3.56. The molecule has 0 aliphatic heterocycles. The van der Waals surface area contributed by atoms with Gasteiger partial charge in [0.1, 0.15) is 5.82 Å². The second-order valence-corrected chi connectivity index (χ2v) is 3.56. The predicted molar refractivity (Wildman–Crippen MR) is 61.6 cm³/mol. The second kappa shape index (κ2) is 5.97. The number of halogens is 1. The van der Waals surface area contributed by atoms with Crippen molar-refractivity contribution in [3.8, 4) is 0 Å². The van der Waals surface area contributed by atoms with E-state index in [-0.39, 0.29) is 17.9 Å². The number of anilines is 1. The molecule has 0 aromatic heterocycles. The van der Waals surface area contributed by atoms with Crippen LogP contribution < -0.4 is 11.1 Å². The van der Waals surface area contributed by atoms with E-state index in [9.17, 15) is 14.0 Å². The summed E-state index contributed by atoms with van der Waals surface area (Å²) in [5, 5.41) is 11.0. The minimum Gasteiger partial charge on any atom is -0.480 e. The summed E-state index contributed by atoms with van der Waals surface area (Å²) in [6.45, 7) is -0.182.